The molecule has 2 aliphatic heterocycles. The summed E-state index contributed by atoms with van der Waals surface area (Å²) in [5.41, 5.74) is 3.18. The lowest BCUT2D eigenvalue weighted by atomic mass is 9.73. The largest absolute Gasteiger partial charge is 0.383 e. The number of amides is 3. The van der Waals surface area contributed by atoms with E-state index in [1.54, 1.807) is 7.11 Å². The molecule has 154 valence electrons. The standard InChI is InChI=1S/C21H32N4O3/c1-16-11-17(2)22-12-18(16)13-23-20(27)25-8-4-6-21(15-25)7-5-19(26)24(14-21)9-10-28-3/h11-12H,4-10,13-15H2,1-3H3,(H,23,27). The number of aromatic nitrogens is 1. The lowest BCUT2D eigenvalue weighted by Crippen LogP contribution is -2.56. The van der Waals surface area contributed by atoms with Crippen LogP contribution in [0.2, 0.25) is 0 Å². The molecule has 2 aliphatic rings. The molecule has 1 aromatic rings. The summed E-state index contributed by atoms with van der Waals surface area (Å²) < 4.78 is 5.15. The van der Waals surface area contributed by atoms with E-state index in [4.69, 9.17) is 4.74 Å². The van der Waals surface area contributed by atoms with Crippen molar-refractivity contribution < 1.29 is 14.3 Å². The van der Waals surface area contributed by atoms with Gasteiger partial charge in [0.15, 0.2) is 0 Å². The molecule has 2 saturated heterocycles. The van der Waals surface area contributed by atoms with E-state index in [1.807, 2.05) is 35.9 Å². The zero-order chi connectivity index (χ0) is 20.1. The number of likely N-dealkylation sites (tertiary alicyclic amines) is 2. The van der Waals surface area contributed by atoms with Gasteiger partial charge in [-0.15, -0.1) is 0 Å². The van der Waals surface area contributed by atoms with E-state index in [9.17, 15) is 9.59 Å². The third kappa shape index (κ3) is 4.82. The molecule has 28 heavy (non-hydrogen) atoms. The summed E-state index contributed by atoms with van der Waals surface area (Å²) in [5, 5.41) is 3.05. The van der Waals surface area contributed by atoms with Crippen LogP contribution in [0.3, 0.4) is 0 Å². The van der Waals surface area contributed by atoms with Crippen LogP contribution < -0.4 is 5.32 Å². The first kappa shape index (κ1) is 20.6. The first-order valence-electron chi connectivity index (χ1n) is 10.1. The first-order valence-corrected chi connectivity index (χ1v) is 10.1. The summed E-state index contributed by atoms with van der Waals surface area (Å²) in [7, 11) is 1.65. The van der Waals surface area contributed by atoms with Gasteiger partial charge in [-0.25, -0.2) is 4.79 Å². The highest BCUT2D eigenvalue weighted by atomic mass is 16.5. The van der Waals surface area contributed by atoms with Crippen molar-refractivity contribution in [3.05, 3.63) is 29.1 Å². The number of urea groups is 1. The molecule has 1 spiro atoms. The Kier molecular flexibility index (Phi) is 6.54. The Morgan fingerprint density at radius 2 is 2.14 bits per heavy atom. The van der Waals surface area contributed by atoms with Gasteiger partial charge in [0, 0.05) is 63.6 Å². The Morgan fingerprint density at radius 1 is 1.32 bits per heavy atom. The smallest absolute Gasteiger partial charge is 0.317 e. The molecule has 1 aromatic heterocycles. The average Bonchev–Trinajstić information content (AvgIpc) is 2.68. The predicted octanol–water partition coefficient (Wildman–Crippen LogP) is 2.26. The molecule has 1 N–H and O–H groups in total. The highest BCUT2D eigenvalue weighted by molar-refractivity contribution is 5.77. The maximum absolute atomic E-state index is 12.8. The van der Waals surface area contributed by atoms with Crippen molar-refractivity contribution in [2.24, 2.45) is 5.41 Å². The van der Waals surface area contributed by atoms with Crippen molar-refractivity contribution >= 4 is 11.9 Å². The van der Waals surface area contributed by atoms with Gasteiger partial charge in [-0.05, 0) is 50.3 Å². The molecule has 0 aromatic carbocycles. The van der Waals surface area contributed by atoms with Crippen LogP contribution in [-0.2, 0) is 16.1 Å². The summed E-state index contributed by atoms with van der Waals surface area (Å²) in [4.78, 5) is 33.2. The number of ether oxygens (including phenoxy) is 1. The van der Waals surface area contributed by atoms with Crippen molar-refractivity contribution in [2.45, 2.75) is 46.1 Å². The van der Waals surface area contributed by atoms with Crippen molar-refractivity contribution in [2.75, 3.05) is 39.9 Å². The van der Waals surface area contributed by atoms with Crippen molar-refractivity contribution in [1.82, 2.24) is 20.1 Å². The number of nitrogens with one attached hydrogen (secondary N) is 1. The number of piperidine rings is 2. The van der Waals surface area contributed by atoms with Crippen LogP contribution >= 0.6 is 0 Å². The molecule has 7 nitrogen and oxygen atoms in total. The van der Waals surface area contributed by atoms with Gasteiger partial charge in [-0.2, -0.15) is 0 Å². The van der Waals surface area contributed by atoms with Gasteiger partial charge in [-0.3, -0.25) is 9.78 Å². The van der Waals surface area contributed by atoms with Crippen molar-refractivity contribution in [1.29, 1.82) is 0 Å². The Bertz CT molecular complexity index is 724. The zero-order valence-electron chi connectivity index (χ0n) is 17.3. The van der Waals surface area contributed by atoms with E-state index in [-0.39, 0.29) is 17.4 Å². The third-order valence-electron chi connectivity index (χ3n) is 6.05. The molecule has 0 saturated carbocycles. The Morgan fingerprint density at radius 3 is 2.89 bits per heavy atom. The Labute approximate surface area is 167 Å². The fraction of sp³-hybridized carbons (Fsp3) is 0.667. The molecule has 1 atom stereocenters. The molecular weight excluding hydrogens is 356 g/mol. The fourth-order valence-corrected chi connectivity index (χ4v) is 4.41. The minimum absolute atomic E-state index is 0.0125. The van der Waals surface area contributed by atoms with Gasteiger partial charge in [-0.1, -0.05) is 0 Å². The number of nitrogens with zero attached hydrogens (tertiary/aromatic N) is 3. The summed E-state index contributed by atoms with van der Waals surface area (Å²) >= 11 is 0. The van der Waals surface area contributed by atoms with Gasteiger partial charge in [0.05, 0.1) is 6.61 Å². The predicted molar refractivity (Wildman–Crippen MR) is 107 cm³/mol. The average molecular weight is 389 g/mol. The molecule has 0 aliphatic carbocycles. The normalized spacial score (nSPS) is 22.6. The molecule has 0 bridgehead atoms. The van der Waals surface area contributed by atoms with Crippen molar-refractivity contribution in [3.8, 4) is 0 Å². The van der Waals surface area contributed by atoms with Gasteiger partial charge in [0.1, 0.15) is 0 Å². The van der Waals surface area contributed by atoms with Crippen LogP contribution in [0.15, 0.2) is 12.3 Å². The maximum atomic E-state index is 12.8. The highest BCUT2D eigenvalue weighted by Gasteiger charge is 2.42. The van der Waals surface area contributed by atoms with Gasteiger partial charge in [0.2, 0.25) is 5.91 Å². The van der Waals surface area contributed by atoms with Crippen LogP contribution in [0, 0.1) is 19.3 Å². The number of carbonyl (C=O) groups excluding carboxylic acids is 2. The third-order valence-corrected chi connectivity index (χ3v) is 6.05. The van der Waals surface area contributed by atoms with Crippen LogP contribution in [-0.4, -0.2) is 66.6 Å². The lowest BCUT2D eigenvalue weighted by molar-refractivity contribution is -0.139. The van der Waals surface area contributed by atoms with Gasteiger partial charge < -0.3 is 19.9 Å². The minimum atomic E-state index is -0.0283. The van der Waals surface area contributed by atoms with E-state index < -0.39 is 0 Å². The summed E-state index contributed by atoms with van der Waals surface area (Å²) in [6.07, 6.45) is 5.30. The van der Waals surface area contributed by atoms with Crippen LogP contribution in [0.25, 0.3) is 0 Å². The number of rotatable bonds is 5. The molecule has 2 fully saturated rings. The van der Waals surface area contributed by atoms with E-state index in [0.717, 1.165) is 49.2 Å². The molecule has 3 rings (SSSR count). The Balaban J connectivity index is 1.59. The fourth-order valence-electron chi connectivity index (χ4n) is 4.41. The number of methoxy groups -OCH3 is 1. The second-order valence-corrected chi connectivity index (χ2v) is 8.24. The van der Waals surface area contributed by atoms with Crippen molar-refractivity contribution in [3.63, 3.8) is 0 Å². The minimum Gasteiger partial charge on any atom is -0.383 e. The summed E-state index contributed by atoms with van der Waals surface area (Å²) in [6.45, 7) is 7.87. The lowest BCUT2D eigenvalue weighted by Gasteiger charge is -2.48. The van der Waals surface area contributed by atoms with Gasteiger partial charge >= 0.3 is 6.03 Å². The van der Waals surface area contributed by atoms with Crippen LogP contribution in [0.4, 0.5) is 4.79 Å². The molecule has 1 unspecified atom stereocenters. The number of aryl methyl sites for hydroxylation is 2. The summed E-state index contributed by atoms with van der Waals surface area (Å²) in [6, 6.07) is 2.00. The number of hydrogen-bond donors (Lipinski definition) is 1. The SMILES string of the molecule is COCCN1CC2(CCCN(C(=O)NCc3cnc(C)cc3C)C2)CCC1=O. The molecule has 0 radical (unpaired) electrons. The number of pyridine rings is 1. The van der Waals surface area contributed by atoms with E-state index in [2.05, 4.69) is 10.3 Å². The first-order chi connectivity index (χ1) is 13.4. The molecular formula is C21H32N4O3. The molecule has 7 heteroatoms. The number of hydrogen-bond acceptors (Lipinski definition) is 4. The van der Waals surface area contributed by atoms with E-state index >= 15 is 0 Å². The molecule has 3 heterocycles. The second kappa shape index (κ2) is 8.90. The number of carbonyl (C=O) groups is 2. The second-order valence-electron chi connectivity index (χ2n) is 8.24. The monoisotopic (exact) mass is 388 g/mol. The zero-order valence-corrected chi connectivity index (χ0v) is 17.3. The highest BCUT2D eigenvalue weighted by Crippen LogP contribution is 2.38. The van der Waals surface area contributed by atoms with E-state index in [1.165, 1.54) is 0 Å². The molecule has 3 amide bonds. The quantitative estimate of drug-likeness (QED) is 0.840. The summed E-state index contributed by atoms with van der Waals surface area (Å²) in [5.74, 6) is 0.201. The Hall–Kier alpha value is -2.15. The van der Waals surface area contributed by atoms with Crippen LogP contribution in [0.5, 0.6) is 0 Å². The van der Waals surface area contributed by atoms with Gasteiger partial charge in [0.25, 0.3) is 0 Å². The van der Waals surface area contributed by atoms with E-state index in [0.29, 0.717) is 32.7 Å². The maximum Gasteiger partial charge on any atom is 0.317 e. The topological polar surface area (TPSA) is 74.8 Å². The van der Waals surface area contributed by atoms with Crippen LogP contribution in [0.1, 0.15) is 42.5 Å².